The molecule has 1 aliphatic rings. The highest BCUT2D eigenvalue weighted by Gasteiger charge is 2.27. The number of fused-ring (bicyclic) bond motifs is 1. The lowest BCUT2D eigenvalue weighted by Crippen LogP contribution is -2.32. The molecule has 1 unspecified atom stereocenters. The van der Waals surface area contributed by atoms with E-state index in [0.29, 0.717) is 5.92 Å². The van der Waals surface area contributed by atoms with Crippen molar-refractivity contribution in [3.05, 3.63) is 97.7 Å². The first-order chi connectivity index (χ1) is 12.2. The van der Waals surface area contributed by atoms with Crippen LogP contribution < -0.4 is 0 Å². The quantitative estimate of drug-likeness (QED) is 0.501. The third-order valence-corrected chi connectivity index (χ3v) is 5.64. The van der Waals surface area contributed by atoms with E-state index < -0.39 is 0 Å². The monoisotopic (exact) mass is 350 g/mol. The molecule has 2 aromatic carbocycles. The van der Waals surface area contributed by atoms with Crippen molar-refractivity contribution in [2.24, 2.45) is 0 Å². The van der Waals surface area contributed by atoms with Gasteiger partial charge in [-0.05, 0) is 28.1 Å². The SMILES string of the molecule is O=[N+]([O-])c1ccc(CN2Cc3sccc3C(c3ccccc3)C2)cc1. The van der Waals surface area contributed by atoms with Gasteiger partial charge in [-0.1, -0.05) is 42.5 Å². The molecule has 0 fully saturated rings. The Bertz CT molecular complexity index is 874. The van der Waals surface area contributed by atoms with Crippen LogP contribution in [0, 0.1) is 10.1 Å². The van der Waals surface area contributed by atoms with Gasteiger partial charge in [-0.15, -0.1) is 11.3 Å². The highest BCUT2D eigenvalue weighted by molar-refractivity contribution is 7.10. The van der Waals surface area contributed by atoms with E-state index in [-0.39, 0.29) is 10.6 Å². The maximum absolute atomic E-state index is 10.8. The molecule has 1 aliphatic heterocycles. The van der Waals surface area contributed by atoms with Crippen molar-refractivity contribution in [2.75, 3.05) is 6.54 Å². The van der Waals surface area contributed by atoms with Crippen molar-refractivity contribution in [1.29, 1.82) is 0 Å². The second-order valence-electron chi connectivity index (χ2n) is 6.36. The molecule has 5 heteroatoms. The molecule has 0 radical (unpaired) electrons. The Morgan fingerprint density at radius 2 is 1.84 bits per heavy atom. The number of nitrogens with zero attached hydrogens (tertiary/aromatic N) is 2. The normalized spacial score (nSPS) is 17.2. The molecule has 1 aromatic heterocycles. The summed E-state index contributed by atoms with van der Waals surface area (Å²) in [6.07, 6.45) is 0. The summed E-state index contributed by atoms with van der Waals surface area (Å²) in [6, 6.07) is 19.8. The average Bonchev–Trinajstić information content (AvgIpc) is 3.11. The molecule has 3 aromatic rings. The van der Waals surface area contributed by atoms with E-state index in [9.17, 15) is 10.1 Å². The van der Waals surface area contributed by atoms with Crippen molar-refractivity contribution >= 4 is 17.0 Å². The fourth-order valence-electron chi connectivity index (χ4n) is 3.49. The van der Waals surface area contributed by atoms with Crippen LogP contribution in [0.3, 0.4) is 0 Å². The van der Waals surface area contributed by atoms with Crippen LogP contribution in [-0.2, 0) is 13.1 Å². The Kier molecular flexibility index (Phi) is 4.34. The lowest BCUT2D eigenvalue weighted by molar-refractivity contribution is -0.384. The van der Waals surface area contributed by atoms with Gasteiger partial charge in [0.05, 0.1) is 4.92 Å². The first kappa shape index (κ1) is 16.0. The minimum absolute atomic E-state index is 0.144. The topological polar surface area (TPSA) is 46.4 Å². The number of rotatable bonds is 4. The molecule has 4 rings (SSSR count). The van der Waals surface area contributed by atoms with Crippen LogP contribution in [0.5, 0.6) is 0 Å². The van der Waals surface area contributed by atoms with E-state index in [4.69, 9.17) is 0 Å². The van der Waals surface area contributed by atoms with Crippen LogP contribution in [0.1, 0.15) is 27.5 Å². The van der Waals surface area contributed by atoms with E-state index in [1.807, 2.05) is 23.5 Å². The molecule has 0 aliphatic carbocycles. The van der Waals surface area contributed by atoms with Crippen molar-refractivity contribution in [3.8, 4) is 0 Å². The predicted molar refractivity (Wildman–Crippen MR) is 99.8 cm³/mol. The third-order valence-electron chi connectivity index (χ3n) is 4.72. The molecular weight excluding hydrogens is 332 g/mol. The van der Waals surface area contributed by atoms with Crippen molar-refractivity contribution in [2.45, 2.75) is 19.0 Å². The number of nitro benzene ring substituents is 1. The second-order valence-corrected chi connectivity index (χ2v) is 7.36. The Balaban J connectivity index is 1.57. The zero-order chi connectivity index (χ0) is 17.2. The van der Waals surface area contributed by atoms with Gasteiger partial charge < -0.3 is 0 Å². The van der Waals surface area contributed by atoms with E-state index in [1.165, 1.54) is 16.0 Å². The van der Waals surface area contributed by atoms with Crippen LogP contribution in [0.25, 0.3) is 0 Å². The van der Waals surface area contributed by atoms with Crippen LogP contribution in [0.15, 0.2) is 66.0 Å². The molecule has 0 bridgehead atoms. The number of thiophene rings is 1. The summed E-state index contributed by atoms with van der Waals surface area (Å²) in [5, 5.41) is 13.0. The first-order valence-electron chi connectivity index (χ1n) is 8.27. The smallest absolute Gasteiger partial charge is 0.269 e. The molecule has 1 atom stereocenters. The summed E-state index contributed by atoms with van der Waals surface area (Å²) in [5.41, 5.74) is 4.04. The third kappa shape index (κ3) is 3.34. The van der Waals surface area contributed by atoms with Gasteiger partial charge in [-0.3, -0.25) is 15.0 Å². The molecular formula is C20H18N2O2S. The van der Waals surface area contributed by atoms with E-state index in [2.05, 4.69) is 46.7 Å². The molecule has 0 amide bonds. The standard InChI is InChI=1S/C20H18N2O2S/c23-22(24)17-8-6-15(7-9-17)12-21-13-19(16-4-2-1-3-5-16)18-10-11-25-20(18)14-21/h1-11,19H,12-14H2. The van der Waals surface area contributed by atoms with Crippen LogP contribution in [-0.4, -0.2) is 16.4 Å². The Labute approximate surface area is 150 Å². The second kappa shape index (κ2) is 6.78. The molecule has 0 saturated heterocycles. The summed E-state index contributed by atoms with van der Waals surface area (Å²) in [7, 11) is 0. The fraction of sp³-hybridized carbons (Fsp3) is 0.200. The largest absolute Gasteiger partial charge is 0.293 e. The van der Waals surface area contributed by atoms with Gasteiger partial charge in [-0.25, -0.2) is 0 Å². The van der Waals surface area contributed by atoms with Gasteiger partial charge in [0.15, 0.2) is 0 Å². The summed E-state index contributed by atoms with van der Waals surface area (Å²) in [4.78, 5) is 14.3. The van der Waals surface area contributed by atoms with Gasteiger partial charge in [0.25, 0.3) is 5.69 Å². The molecule has 126 valence electrons. The molecule has 2 heterocycles. The number of non-ortho nitro benzene ring substituents is 1. The minimum atomic E-state index is -0.353. The summed E-state index contributed by atoms with van der Waals surface area (Å²) in [5.74, 6) is 0.384. The first-order valence-corrected chi connectivity index (χ1v) is 9.15. The summed E-state index contributed by atoms with van der Waals surface area (Å²) in [6.45, 7) is 2.71. The molecule has 0 N–H and O–H groups in total. The zero-order valence-electron chi connectivity index (χ0n) is 13.7. The number of hydrogen-bond donors (Lipinski definition) is 0. The predicted octanol–water partition coefficient (Wildman–Crippen LogP) is 4.80. The summed E-state index contributed by atoms with van der Waals surface area (Å²) < 4.78 is 0. The summed E-state index contributed by atoms with van der Waals surface area (Å²) >= 11 is 1.81. The molecule has 0 spiro atoms. The maximum atomic E-state index is 10.8. The van der Waals surface area contributed by atoms with Crippen LogP contribution in [0.2, 0.25) is 0 Å². The Hall–Kier alpha value is -2.50. The number of benzene rings is 2. The van der Waals surface area contributed by atoms with Gasteiger partial charge in [-0.2, -0.15) is 0 Å². The average molecular weight is 350 g/mol. The minimum Gasteiger partial charge on any atom is -0.293 e. The van der Waals surface area contributed by atoms with Crippen molar-refractivity contribution in [1.82, 2.24) is 4.90 Å². The van der Waals surface area contributed by atoms with Gasteiger partial charge in [0.2, 0.25) is 0 Å². The lowest BCUT2D eigenvalue weighted by Gasteiger charge is -2.33. The molecule has 0 saturated carbocycles. The van der Waals surface area contributed by atoms with Crippen molar-refractivity contribution < 1.29 is 4.92 Å². The Morgan fingerprint density at radius 1 is 1.08 bits per heavy atom. The molecule has 25 heavy (non-hydrogen) atoms. The van der Waals surface area contributed by atoms with E-state index in [0.717, 1.165) is 25.2 Å². The fourth-order valence-corrected chi connectivity index (χ4v) is 4.47. The molecule has 4 nitrogen and oxygen atoms in total. The number of hydrogen-bond acceptors (Lipinski definition) is 4. The van der Waals surface area contributed by atoms with Crippen molar-refractivity contribution in [3.63, 3.8) is 0 Å². The van der Waals surface area contributed by atoms with Crippen LogP contribution >= 0.6 is 11.3 Å². The van der Waals surface area contributed by atoms with E-state index >= 15 is 0 Å². The van der Waals surface area contributed by atoms with Gasteiger partial charge in [0.1, 0.15) is 0 Å². The zero-order valence-corrected chi connectivity index (χ0v) is 14.5. The lowest BCUT2D eigenvalue weighted by atomic mass is 9.88. The highest BCUT2D eigenvalue weighted by Crippen LogP contribution is 2.36. The van der Waals surface area contributed by atoms with E-state index in [1.54, 1.807) is 12.1 Å². The highest BCUT2D eigenvalue weighted by atomic mass is 32.1. The van der Waals surface area contributed by atoms with Gasteiger partial charge >= 0.3 is 0 Å². The van der Waals surface area contributed by atoms with Crippen LogP contribution in [0.4, 0.5) is 5.69 Å². The number of nitro groups is 1. The maximum Gasteiger partial charge on any atom is 0.269 e. The van der Waals surface area contributed by atoms with Gasteiger partial charge in [0, 0.05) is 42.6 Å². The Morgan fingerprint density at radius 3 is 2.56 bits per heavy atom.